The Balaban J connectivity index is 1.10. The van der Waals surface area contributed by atoms with Crippen molar-refractivity contribution in [2.75, 3.05) is 94.6 Å². The van der Waals surface area contributed by atoms with Crippen LogP contribution in [-0.2, 0) is 6.54 Å². The lowest BCUT2D eigenvalue weighted by Gasteiger charge is -2.35. The summed E-state index contributed by atoms with van der Waals surface area (Å²) < 4.78 is 14.4. The molecule has 2 fully saturated rings. The lowest BCUT2D eigenvalue weighted by atomic mass is 10.1. The Bertz CT molecular complexity index is 1280. The molecule has 2 saturated heterocycles. The molecule has 2 aromatic heterocycles. The number of carbonyl (C=O) groups is 1. The predicted molar refractivity (Wildman–Crippen MR) is 157 cm³/mol. The molecule has 0 atom stereocenters. The van der Waals surface area contributed by atoms with Crippen molar-refractivity contribution in [3.8, 4) is 0 Å². The molecule has 3 aromatic rings. The van der Waals surface area contributed by atoms with Crippen LogP contribution in [0.1, 0.15) is 16.1 Å². The van der Waals surface area contributed by atoms with Crippen LogP contribution in [-0.4, -0.2) is 120 Å². The first-order valence-electron chi connectivity index (χ1n) is 14.1. The Morgan fingerprint density at radius 2 is 1.61 bits per heavy atom. The number of anilines is 4. The molecule has 0 spiro atoms. The fourth-order valence-corrected chi connectivity index (χ4v) is 5.00. The SMILES string of the molecule is CN1CCN(Cc2ccc(Nc3ccc(C(=O)CNc4ncc(F)c(N5CCN(CCO)CC5)n4)nc3)cc2)CC1. The topological polar surface area (TPSA) is 113 Å². The van der Waals surface area contributed by atoms with Crippen LogP contribution < -0.4 is 15.5 Å². The zero-order chi connectivity index (χ0) is 28.6. The Hall–Kier alpha value is -3.71. The second-order valence-electron chi connectivity index (χ2n) is 10.5. The lowest BCUT2D eigenvalue weighted by molar-refractivity contribution is 0.100. The number of hydrogen-bond acceptors (Lipinski definition) is 11. The van der Waals surface area contributed by atoms with Crippen molar-refractivity contribution in [2.45, 2.75) is 6.54 Å². The molecule has 1 aromatic carbocycles. The van der Waals surface area contributed by atoms with E-state index in [1.165, 1.54) is 5.56 Å². The van der Waals surface area contributed by atoms with E-state index in [2.05, 4.69) is 71.6 Å². The van der Waals surface area contributed by atoms with E-state index in [-0.39, 0.29) is 30.7 Å². The summed E-state index contributed by atoms with van der Waals surface area (Å²) >= 11 is 0. The lowest BCUT2D eigenvalue weighted by Crippen LogP contribution is -2.47. The van der Waals surface area contributed by atoms with Crippen LogP contribution in [0.3, 0.4) is 0 Å². The van der Waals surface area contributed by atoms with Crippen LogP contribution in [0.25, 0.3) is 0 Å². The molecule has 0 unspecified atom stereocenters. The minimum atomic E-state index is -0.507. The van der Waals surface area contributed by atoms with Gasteiger partial charge in [-0.1, -0.05) is 12.1 Å². The fourth-order valence-electron chi connectivity index (χ4n) is 5.00. The second-order valence-corrected chi connectivity index (χ2v) is 10.5. The molecule has 0 bridgehead atoms. The van der Waals surface area contributed by atoms with Crippen LogP contribution in [0.4, 0.5) is 27.5 Å². The number of aliphatic hydroxyl groups is 1. The summed E-state index contributed by atoms with van der Waals surface area (Å²) in [7, 11) is 2.16. The molecule has 2 aliphatic rings. The van der Waals surface area contributed by atoms with Crippen molar-refractivity contribution in [1.82, 2.24) is 29.7 Å². The number of carbonyl (C=O) groups excluding carboxylic acids is 1. The van der Waals surface area contributed by atoms with Gasteiger partial charge in [0.05, 0.1) is 31.2 Å². The summed E-state index contributed by atoms with van der Waals surface area (Å²) in [4.78, 5) is 34.2. The number of ketones is 1. The molecule has 2 aliphatic heterocycles. The van der Waals surface area contributed by atoms with E-state index in [0.717, 1.165) is 50.3 Å². The van der Waals surface area contributed by atoms with E-state index in [9.17, 15) is 9.18 Å². The van der Waals surface area contributed by atoms with E-state index in [1.54, 1.807) is 12.3 Å². The Kier molecular flexibility index (Phi) is 9.67. The van der Waals surface area contributed by atoms with Gasteiger partial charge in [0.2, 0.25) is 5.95 Å². The largest absolute Gasteiger partial charge is 0.395 e. The smallest absolute Gasteiger partial charge is 0.225 e. The number of halogens is 1. The number of pyridine rings is 1. The van der Waals surface area contributed by atoms with Crippen LogP contribution in [0.15, 0.2) is 48.8 Å². The van der Waals surface area contributed by atoms with E-state index in [0.29, 0.717) is 38.4 Å². The first-order chi connectivity index (χ1) is 20.0. The van der Waals surface area contributed by atoms with Crippen molar-refractivity contribution >= 4 is 28.9 Å². The van der Waals surface area contributed by atoms with Crippen molar-refractivity contribution in [2.24, 2.45) is 0 Å². The van der Waals surface area contributed by atoms with E-state index in [4.69, 9.17) is 5.11 Å². The summed E-state index contributed by atoms with van der Waals surface area (Å²) in [5.74, 6) is -0.342. The van der Waals surface area contributed by atoms with Gasteiger partial charge in [0.15, 0.2) is 17.4 Å². The molecule has 0 aliphatic carbocycles. The number of piperazine rings is 2. The fraction of sp³-hybridized carbons (Fsp3) is 0.448. The number of rotatable bonds is 11. The third-order valence-electron chi connectivity index (χ3n) is 7.51. The standard InChI is InChI=1S/C29H38FN9O2/c1-36-8-10-38(11-9-36)21-22-2-4-23(5-3-22)34-24-6-7-26(31-18-24)27(41)20-33-29-32-19-25(30)28(35-29)39-14-12-37(13-15-39)16-17-40/h2-7,18-19,34,40H,8-17,20-21H2,1H3,(H,32,33,35). The zero-order valence-corrected chi connectivity index (χ0v) is 23.5. The highest BCUT2D eigenvalue weighted by molar-refractivity contribution is 5.97. The van der Waals surface area contributed by atoms with E-state index in [1.807, 2.05) is 11.0 Å². The predicted octanol–water partition coefficient (Wildman–Crippen LogP) is 1.91. The molecular formula is C29H38FN9O2. The van der Waals surface area contributed by atoms with Crippen LogP contribution in [0, 0.1) is 5.82 Å². The van der Waals surface area contributed by atoms with Gasteiger partial charge in [-0.15, -0.1) is 0 Å². The van der Waals surface area contributed by atoms with Crippen LogP contribution >= 0.6 is 0 Å². The van der Waals surface area contributed by atoms with Crippen molar-refractivity contribution in [3.05, 3.63) is 65.9 Å². The Labute approximate surface area is 240 Å². The molecule has 0 amide bonds. The van der Waals surface area contributed by atoms with Gasteiger partial charge in [-0.25, -0.2) is 9.37 Å². The highest BCUT2D eigenvalue weighted by Crippen LogP contribution is 2.20. The van der Waals surface area contributed by atoms with Gasteiger partial charge in [-0.05, 0) is 36.9 Å². The first kappa shape index (κ1) is 28.8. The number of nitrogens with one attached hydrogen (secondary N) is 2. The van der Waals surface area contributed by atoms with Crippen molar-refractivity contribution in [3.63, 3.8) is 0 Å². The van der Waals surface area contributed by atoms with Gasteiger partial charge in [0.1, 0.15) is 5.69 Å². The summed E-state index contributed by atoms with van der Waals surface area (Å²) in [6.07, 6.45) is 2.75. The summed E-state index contributed by atoms with van der Waals surface area (Å²) in [6, 6.07) is 11.9. The average Bonchev–Trinajstić information content (AvgIpc) is 3.00. The minimum absolute atomic E-state index is 0.0656. The maximum atomic E-state index is 14.4. The molecule has 0 saturated carbocycles. The third-order valence-corrected chi connectivity index (χ3v) is 7.51. The number of nitrogens with zero attached hydrogens (tertiary/aromatic N) is 7. The van der Waals surface area contributed by atoms with Gasteiger partial charge >= 0.3 is 0 Å². The molecule has 0 radical (unpaired) electrons. The molecule has 5 rings (SSSR count). The third kappa shape index (κ3) is 7.94. The zero-order valence-electron chi connectivity index (χ0n) is 23.5. The monoisotopic (exact) mass is 563 g/mol. The summed E-state index contributed by atoms with van der Waals surface area (Å²) in [5, 5.41) is 15.3. The number of likely N-dealkylation sites (N-methyl/N-ethyl adjacent to an activating group) is 1. The van der Waals surface area contributed by atoms with E-state index < -0.39 is 5.82 Å². The minimum Gasteiger partial charge on any atom is -0.395 e. The van der Waals surface area contributed by atoms with Gasteiger partial charge in [0.25, 0.3) is 0 Å². The Morgan fingerprint density at radius 3 is 2.29 bits per heavy atom. The maximum absolute atomic E-state index is 14.4. The average molecular weight is 564 g/mol. The molecular weight excluding hydrogens is 525 g/mol. The van der Waals surface area contributed by atoms with Gasteiger partial charge in [-0.2, -0.15) is 4.98 Å². The van der Waals surface area contributed by atoms with Gasteiger partial charge < -0.3 is 25.5 Å². The Morgan fingerprint density at radius 1 is 0.902 bits per heavy atom. The molecule has 4 heterocycles. The van der Waals surface area contributed by atoms with Gasteiger partial charge in [-0.3, -0.25) is 19.6 Å². The summed E-state index contributed by atoms with van der Waals surface area (Å²) in [5.41, 5.74) is 3.33. The quantitative estimate of drug-likeness (QED) is 0.298. The second kappa shape index (κ2) is 13.8. The molecule has 12 heteroatoms. The molecule has 3 N–H and O–H groups in total. The van der Waals surface area contributed by atoms with Crippen LogP contribution in [0.2, 0.25) is 0 Å². The van der Waals surface area contributed by atoms with E-state index >= 15 is 0 Å². The number of Topliss-reactive ketones (excluding diaryl/α,β-unsaturated/α-hetero) is 1. The molecule has 11 nitrogen and oxygen atoms in total. The first-order valence-corrected chi connectivity index (χ1v) is 14.1. The highest BCUT2D eigenvalue weighted by Gasteiger charge is 2.21. The number of β-amino-alcohol motifs (C(OH)–C–C–N with tert-alkyl or cyclic N) is 1. The normalized spacial score (nSPS) is 17.0. The van der Waals surface area contributed by atoms with Crippen LogP contribution in [0.5, 0.6) is 0 Å². The number of benzene rings is 1. The number of aliphatic hydroxyl groups excluding tert-OH is 1. The van der Waals surface area contributed by atoms with Crippen molar-refractivity contribution < 1.29 is 14.3 Å². The number of hydrogen-bond donors (Lipinski definition) is 3. The highest BCUT2D eigenvalue weighted by atomic mass is 19.1. The van der Waals surface area contributed by atoms with Gasteiger partial charge in [0, 0.05) is 71.1 Å². The number of aromatic nitrogens is 3. The summed E-state index contributed by atoms with van der Waals surface area (Å²) in [6.45, 7) is 8.59. The maximum Gasteiger partial charge on any atom is 0.225 e. The molecule has 41 heavy (non-hydrogen) atoms. The molecule has 218 valence electrons. The van der Waals surface area contributed by atoms with Crippen molar-refractivity contribution in [1.29, 1.82) is 0 Å².